The highest BCUT2D eigenvalue weighted by Crippen LogP contribution is 2.29. The van der Waals surface area contributed by atoms with Gasteiger partial charge in [-0.15, -0.1) is 11.3 Å². The fourth-order valence-corrected chi connectivity index (χ4v) is 2.23. The summed E-state index contributed by atoms with van der Waals surface area (Å²) < 4.78 is 11.2. The SMILES string of the molecule is COc1ccc(CNC(C)C)cc1OCc1cncs1. The molecule has 5 heteroatoms. The number of hydrogen-bond acceptors (Lipinski definition) is 5. The van der Waals surface area contributed by atoms with Gasteiger partial charge in [0.2, 0.25) is 0 Å². The maximum Gasteiger partial charge on any atom is 0.162 e. The van der Waals surface area contributed by atoms with Crippen LogP contribution in [0.2, 0.25) is 0 Å². The lowest BCUT2D eigenvalue weighted by Gasteiger charge is -2.13. The Bertz CT molecular complexity index is 527. The quantitative estimate of drug-likeness (QED) is 0.851. The molecule has 0 aliphatic heterocycles. The number of ether oxygens (including phenoxy) is 2. The van der Waals surface area contributed by atoms with E-state index in [0.29, 0.717) is 12.6 Å². The second-order valence-corrected chi connectivity index (χ2v) is 5.75. The summed E-state index contributed by atoms with van der Waals surface area (Å²) in [7, 11) is 1.65. The van der Waals surface area contributed by atoms with Crippen LogP contribution in [0.4, 0.5) is 0 Å². The number of nitrogens with one attached hydrogen (secondary N) is 1. The number of aromatic nitrogens is 1. The largest absolute Gasteiger partial charge is 0.493 e. The molecule has 2 aromatic rings. The zero-order valence-electron chi connectivity index (χ0n) is 12.1. The van der Waals surface area contributed by atoms with Crippen LogP contribution >= 0.6 is 11.3 Å². The van der Waals surface area contributed by atoms with Crippen LogP contribution in [-0.2, 0) is 13.2 Å². The molecule has 0 saturated carbocycles. The van der Waals surface area contributed by atoms with E-state index in [2.05, 4.69) is 24.1 Å². The third-order valence-corrected chi connectivity index (χ3v) is 3.55. The molecule has 2 rings (SSSR count). The summed E-state index contributed by atoms with van der Waals surface area (Å²) in [4.78, 5) is 5.14. The van der Waals surface area contributed by atoms with E-state index in [-0.39, 0.29) is 0 Å². The molecule has 4 nitrogen and oxygen atoms in total. The Morgan fingerprint density at radius 3 is 2.80 bits per heavy atom. The molecule has 1 N–H and O–H groups in total. The van der Waals surface area contributed by atoms with E-state index in [1.165, 1.54) is 5.56 Å². The van der Waals surface area contributed by atoms with Crippen molar-refractivity contribution in [1.82, 2.24) is 10.3 Å². The second-order valence-electron chi connectivity index (χ2n) is 4.78. The van der Waals surface area contributed by atoms with E-state index in [9.17, 15) is 0 Å². The minimum absolute atomic E-state index is 0.457. The summed E-state index contributed by atoms with van der Waals surface area (Å²) in [5.41, 5.74) is 2.98. The third-order valence-electron chi connectivity index (χ3n) is 2.80. The standard InChI is InChI=1S/C15H20N2O2S/c1-11(2)17-7-12-4-5-14(18-3)15(6-12)19-9-13-8-16-10-20-13/h4-6,8,10-11,17H,7,9H2,1-3H3. The van der Waals surface area contributed by atoms with Crippen LogP contribution in [0.3, 0.4) is 0 Å². The minimum atomic E-state index is 0.457. The van der Waals surface area contributed by atoms with Gasteiger partial charge in [-0.1, -0.05) is 19.9 Å². The highest BCUT2D eigenvalue weighted by molar-refractivity contribution is 7.09. The Labute approximate surface area is 123 Å². The Morgan fingerprint density at radius 2 is 2.15 bits per heavy atom. The minimum Gasteiger partial charge on any atom is -0.493 e. The van der Waals surface area contributed by atoms with E-state index >= 15 is 0 Å². The lowest BCUT2D eigenvalue weighted by molar-refractivity contribution is 0.286. The first-order valence-corrected chi connectivity index (χ1v) is 7.47. The number of methoxy groups -OCH3 is 1. The van der Waals surface area contributed by atoms with Gasteiger partial charge in [0.1, 0.15) is 6.61 Å². The topological polar surface area (TPSA) is 43.4 Å². The van der Waals surface area contributed by atoms with Crippen LogP contribution in [0.5, 0.6) is 11.5 Å². The number of thiazole rings is 1. The van der Waals surface area contributed by atoms with Gasteiger partial charge in [-0.3, -0.25) is 4.98 Å². The van der Waals surface area contributed by atoms with E-state index < -0.39 is 0 Å². The Kier molecular flexibility index (Phi) is 5.38. The van der Waals surface area contributed by atoms with Crippen LogP contribution in [-0.4, -0.2) is 18.1 Å². The van der Waals surface area contributed by atoms with Gasteiger partial charge in [0.15, 0.2) is 11.5 Å². The third kappa shape index (κ3) is 4.21. The van der Waals surface area contributed by atoms with Crippen molar-refractivity contribution in [3.63, 3.8) is 0 Å². The average molecular weight is 292 g/mol. The zero-order valence-corrected chi connectivity index (χ0v) is 12.9. The van der Waals surface area contributed by atoms with Gasteiger partial charge in [0, 0.05) is 18.8 Å². The normalized spacial score (nSPS) is 10.8. The number of hydrogen-bond donors (Lipinski definition) is 1. The molecule has 0 fully saturated rings. The van der Waals surface area contributed by atoms with Gasteiger partial charge in [-0.05, 0) is 17.7 Å². The molecule has 20 heavy (non-hydrogen) atoms. The fraction of sp³-hybridized carbons (Fsp3) is 0.400. The highest BCUT2D eigenvalue weighted by atomic mass is 32.1. The molecule has 0 aliphatic rings. The van der Waals surface area contributed by atoms with Crippen LogP contribution in [0.25, 0.3) is 0 Å². The molecule has 0 saturated heterocycles. The monoisotopic (exact) mass is 292 g/mol. The Balaban J connectivity index is 2.05. The molecule has 0 radical (unpaired) electrons. The van der Waals surface area contributed by atoms with Crippen molar-refractivity contribution in [1.29, 1.82) is 0 Å². The second kappa shape index (κ2) is 7.26. The molecule has 1 aromatic heterocycles. The van der Waals surface area contributed by atoms with Crippen molar-refractivity contribution >= 4 is 11.3 Å². The van der Waals surface area contributed by atoms with Crippen molar-refractivity contribution in [2.75, 3.05) is 7.11 Å². The lowest BCUT2D eigenvalue weighted by atomic mass is 10.2. The van der Waals surface area contributed by atoms with Crippen molar-refractivity contribution in [2.45, 2.75) is 33.0 Å². The van der Waals surface area contributed by atoms with Gasteiger partial charge in [-0.2, -0.15) is 0 Å². The van der Waals surface area contributed by atoms with E-state index in [1.807, 2.05) is 24.4 Å². The first-order valence-electron chi connectivity index (χ1n) is 6.59. The molecule has 108 valence electrons. The van der Waals surface area contributed by atoms with Gasteiger partial charge >= 0.3 is 0 Å². The van der Waals surface area contributed by atoms with Crippen LogP contribution in [0.15, 0.2) is 29.9 Å². The summed E-state index contributed by atoms with van der Waals surface area (Å²) in [6, 6.07) is 6.47. The maximum atomic E-state index is 5.84. The van der Waals surface area contributed by atoms with Gasteiger partial charge in [-0.25, -0.2) is 0 Å². The average Bonchev–Trinajstić information content (AvgIpc) is 2.96. The summed E-state index contributed by atoms with van der Waals surface area (Å²) in [6.07, 6.45) is 1.82. The molecule has 0 amide bonds. The van der Waals surface area contributed by atoms with Gasteiger partial charge in [0.25, 0.3) is 0 Å². The van der Waals surface area contributed by atoms with Crippen molar-refractivity contribution in [2.24, 2.45) is 0 Å². The molecular weight excluding hydrogens is 272 g/mol. The summed E-state index contributed by atoms with van der Waals surface area (Å²) in [6.45, 7) is 5.59. The highest BCUT2D eigenvalue weighted by Gasteiger charge is 2.07. The van der Waals surface area contributed by atoms with E-state index in [1.54, 1.807) is 24.0 Å². The van der Waals surface area contributed by atoms with Gasteiger partial charge in [0.05, 0.1) is 17.5 Å². The Morgan fingerprint density at radius 1 is 1.30 bits per heavy atom. The summed E-state index contributed by atoms with van der Waals surface area (Å²) >= 11 is 1.58. The first-order chi connectivity index (χ1) is 9.69. The van der Waals surface area contributed by atoms with E-state index in [4.69, 9.17) is 9.47 Å². The molecular formula is C15H20N2O2S. The van der Waals surface area contributed by atoms with Crippen molar-refractivity contribution in [3.8, 4) is 11.5 Å². The lowest BCUT2D eigenvalue weighted by Crippen LogP contribution is -2.21. The Hall–Kier alpha value is -1.59. The molecule has 0 aliphatic carbocycles. The number of nitrogens with zero attached hydrogens (tertiary/aromatic N) is 1. The van der Waals surface area contributed by atoms with Crippen LogP contribution in [0, 0.1) is 0 Å². The van der Waals surface area contributed by atoms with Gasteiger partial charge < -0.3 is 14.8 Å². The maximum absolute atomic E-state index is 5.84. The fourth-order valence-electron chi connectivity index (χ4n) is 1.73. The van der Waals surface area contributed by atoms with Crippen molar-refractivity contribution in [3.05, 3.63) is 40.3 Å². The van der Waals surface area contributed by atoms with Crippen LogP contribution in [0.1, 0.15) is 24.3 Å². The molecule has 0 bridgehead atoms. The molecule has 0 spiro atoms. The smallest absolute Gasteiger partial charge is 0.162 e. The van der Waals surface area contributed by atoms with Crippen LogP contribution < -0.4 is 14.8 Å². The predicted molar refractivity (Wildman–Crippen MR) is 81.4 cm³/mol. The number of rotatable bonds is 7. The molecule has 1 aromatic carbocycles. The zero-order chi connectivity index (χ0) is 14.4. The summed E-state index contributed by atoms with van der Waals surface area (Å²) in [5, 5.41) is 3.39. The van der Waals surface area contributed by atoms with E-state index in [0.717, 1.165) is 22.9 Å². The molecule has 0 atom stereocenters. The van der Waals surface area contributed by atoms with Crippen molar-refractivity contribution < 1.29 is 9.47 Å². The predicted octanol–water partition coefficient (Wildman–Crippen LogP) is 3.23. The number of benzene rings is 1. The summed E-state index contributed by atoms with van der Waals surface area (Å²) in [5.74, 6) is 1.52. The molecule has 1 heterocycles. The molecule has 0 unspecified atom stereocenters. The first kappa shape index (κ1) is 14.8.